The molecule has 2 nitrogen and oxygen atoms in total. The van der Waals surface area contributed by atoms with Crippen molar-refractivity contribution in [2.24, 2.45) is 0 Å². The van der Waals surface area contributed by atoms with Crippen LogP contribution in [0.25, 0.3) is 0 Å². The average molecular weight is 213 g/mol. The standard InChI is InChI=1S/C13H27NO/c1-2-10-14-11-6-4-3-5-8-13-9-7-12-15-13/h13-14H,2-12H2,1H3. The van der Waals surface area contributed by atoms with E-state index in [1.807, 2.05) is 0 Å². The molecule has 1 unspecified atom stereocenters. The van der Waals surface area contributed by atoms with Gasteiger partial charge in [0.2, 0.25) is 0 Å². The maximum Gasteiger partial charge on any atom is 0.0576 e. The normalized spacial score (nSPS) is 21.0. The minimum absolute atomic E-state index is 0.600. The van der Waals surface area contributed by atoms with E-state index in [2.05, 4.69) is 12.2 Å². The van der Waals surface area contributed by atoms with Gasteiger partial charge in [0.05, 0.1) is 6.10 Å². The third kappa shape index (κ3) is 6.91. The quantitative estimate of drug-likeness (QED) is 0.594. The number of ether oxygens (including phenoxy) is 1. The van der Waals surface area contributed by atoms with E-state index in [9.17, 15) is 0 Å². The van der Waals surface area contributed by atoms with Gasteiger partial charge in [-0.2, -0.15) is 0 Å². The van der Waals surface area contributed by atoms with Gasteiger partial charge in [0.15, 0.2) is 0 Å². The first-order chi connectivity index (χ1) is 7.43. The third-order valence-corrected chi connectivity index (χ3v) is 3.08. The zero-order chi connectivity index (χ0) is 10.8. The van der Waals surface area contributed by atoms with Gasteiger partial charge in [-0.05, 0) is 45.2 Å². The Hall–Kier alpha value is -0.0800. The molecule has 1 fully saturated rings. The smallest absolute Gasteiger partial charge is 0.0576 e. The molecule has 0 aromatic heterocycles. The van der Waals surface area contributed by atoms with Crippen molar-refractivity contribution in [2.75, 3.05) is 19.7 Å². The largest absolute Gasteiger partial charge is 0.378 e. The van der Waals surface area contributed by atoms with Crippen molar-refractivity contribution in [1.29, 1.82) is 0 Å². The predicted octanol–water partition coefficient (Wildman–Crippen LogP) is 3.12. The van der Waals surface area contributed by atoms with Crippen LogP contribution in [0.4, 0.5) is 0 Å². The Morgan fingerprint density at radius 2 is 2.00 bits per heavy atom. The molecule has 90 valence electrons. The Morgan fingerprint density at radius 1 is 1.13 bits per heavy atom. The van der Waals surface area contributed by atoms with Crippen molar-refractivity contribution in [3.05, 3.63) is 0 Å². The van der Waals surface area contributed by atoms with Crippen LogP contribution in [0.2, 0.25) is 0 Å². The lowest BCUT2D eigenvalue weighted by atomic mass is 10.1. The van der Waals surface area contributed by atoms with Crippen LogP contribution in [-0.4, -0.2) is 25.8 Å². The summed E-state index contributed by atoms with van der Waals surface area (Å²) in [5, 5.41) is 3.44. The summed E-state index contributed by atoms with van der Waals surface area (Å²) in [5.74, 6) is 0. The second-order valence-electron chi connectivity index (χ2n) is 4.59. The van der Waals surface area contributed by atoms with Crippen molar-refractivity contribution >= 4 is 0 Å². The van der Waals surface area contributed by atoms with E-state index in [4.69, 9.17) is 4.74 Å². The lowest BCUT2D eigenvalue weighted by Gasteiger charge is -2.08. The van der Waals surface area contributed by atoms with Crippen molar-refractivity contribution < 1.29 is 4.74 Å². The monoisotopic (exact) mass is 213 g/mol. The molecular formula is C13H27NO. The molecule has 15 heavy (non-hydrogen) atoms. The molecule has 1 aliphatic rings. The van der Waals surface area contributed by atoms with Gasteiger partial charge in [-0.3, -0.25) is 0 Å². The fourth-order valence-corrected chi connectivity index (χ4v) is 2.15. The van der Waals surface area contributed by atoms with Crippen LogP contribution in [0.15, 0.2) is 0 Å². The van der Waals surface area contributed by atoms with Crippen LogP contribution in [0.1, 0.15) is 58.3 Å². The molecule has 1 aliphatic heterocycles. The Morgan fingerprint density at radius 3 is 2.73 bits per heavy atom. The van der Waals surface area contributed by atoms with Crippen molar-refractivity contribution in [2.45, 2.75) is 64.4 Å². The molecular weight excluding hydrogens is 186 g/mol. The van der Waals surface area contributed by atoms with Gasteiger partial charge >= 0.3 is 0 Å². The van der Waals surface area contributed by atoms with E-state index in [1.165, 1.54) is 64.5 Å². The highest BCUT2D eigenvalue weighted by atomic mass is 16.5. The van der Waals surface area contributed by atoms with Gasteiger partial charge in [0, 0.05) is 6.61 Å². The molecule has 0 aromatic carbocycles. The lowest BCUT2D eigenvalue weighted by Crippen LogP contribution is -2.15. The van der Waals surface area contributed by atoms with Crippen LogP contribution in [0.5, 0.6) is 0 Å². The number of hydrogen-bond acceptors (Lipinski definition) is 2. The molecule has 0 spiro atoms. The first kappa shape index (κ1) is 13.0. The molecule has 2 heteroatoms. The zero-order valence-corrected chi connectivity index (χ0v) is 10.3. The number of unbranched alkanes of at least 4 members (excludes halogenated alkanes) is 3. The summed E-state index contributed by atoms with van der Waals surface area (Å²) in [4.78, 5) is 0. The van der Waals surface area contributed by atoms with Crippen molar-refractivity contribution in [3.8, 4) is 0 Å². The molecule has 1 atom stereocenters. The van der Waals surface area contributed by atoms with Crippen LogP contribution >= 0.6 is 0 Å². The maximum absolute atomic E-state index is 5.60. The number of rotatable bonds is 9. The van der Waals surface area contributed by atoms with Crippen molar-refractivity contribution in [1.82, 2.24) is 5.32 Å². The Labute approximate surface area is 94.8 Å². The highest BCUT2D eigenvalue weighted by molar-refractivity contribution is 4.64. The van der Waals surface area contributed by atoms with Crippen LogP contribution in [0, 0.1) is 0 Å². The summed E-state index contributed by atoms with van der Waals surface area (Å²) >= 11 is 0. The highest BCUT2D eigenvalue weighted by Gasteiger charge is 2.13. The molecule has 1 rings (SSSR count). The second kappa shape index (κ2) is 9.17. The van der Waals surface area contributed by atoms with Crippen LogP contribution < -0.4 is 5.32 Å². The van der Waals surface area contributed by atoms with Crippen LogP contribution in [-0.2, 0) is 4.74 Å². The first-order valence-corrected chi connectivity index (χ1v) is 6.76. The van der Waals surface area contributed by atoms with Gasteiger partial charge in [-0.15, -0.1) is 0 Å². The SMILES string of the molecule is CCCNCCCCCCC1CCCO1. The predicted molar refractivity (Wildman–Crippen MR) is 65.2 cm³/mol. The van der Waals surface area contributed by atoms with E-state index in [-0.39, 0.29) is 0 Å². The summed E-state index contributed by atoms with van der Waals surface area (Å²) in [6, 6.07) is 0. The average Bonchev–Trinajstić information content (AvgIpc) is 2.75. The van der Waals surface area contributed by atoms with Crippen molar-refractivity contribution in [3.63, 3.8) is 0 Å². The Kier molecular flexibility index (Phi) is 7.94. The van der Waals surface area contributed by atoms with Gasteiger partial charge in [0.1, 0.15) is 0 Å². The lowest BCUT2D eigenvalue weighted by molar-refractivity contribution is 0.102. The van der Waals surface area contributed by atoms with E-state index < -0.39 is 0 Å². The summed E-state index contributed by atoms with van der Waals surface area (Å²) in [7, 11) is 0. The summed E-state index contributed by atoms with van der Waals surface area (Å²) in [6.45, 7) is 5.60. The van der Waals surface area contributed by atoms with E-state index in [0.29, 0.717) is 6.10 Å². The van der Waals surface area contributed by atoms with E-state index in [0.717, 1.165) is 6.61 Å². The fourth-order valence-electron chi connectivity index (χ4n) is 2.15. The molecule has 0 bridgehead atoms. The van der Waals surface area contributed by atoms with E-state index >= 15 is 0 Å². The fraction of sp³-hybridized carbons (Fsp3) is 1.00. The highest BCUT2D eigenvalue weighted by Crippen LogP contribution is 2.18. The minimum atomic E-state index is 0.600. The second-order valence-corrected chi connectivity index (χ2v) is 4.59. The van der Waals surface area contributed by atoms with Gasteiger partial charge < -0.3 is 10.1 Å². The minimum Gasteiger partial charge on any atom is -0.378 e. The summed E-state index contributed by atoms with van der Waals surface area (Å²) in [6.07, 6.45) is 11.2. The molecule has 1 saturated heterocycles. The zero-order valence-electron chi connectivity index (χ0n) is 10.3. The topological polar surface area (TPSA) is 21.3 Å². The first-order valence-electron chi connectivity index (χ1n) is 6.76. The third-order valence-electron chi connectivity index (χ3n) is 3.08. The maximum atomic E-state index is 5.60. The van der Waals surface area contributed by atoms with Gasteiger partial charge in [-0.25, -0.2) is 0 Å². The summed E-state index contributed by atoms with van der Waals surface area (Å²) in [5.41, 5.74) is 0. The molecule has 0 aromatic rings. The van der Waals surface area contributed by atoms with E-state index in [1.54, 1.807) is 0 Å². The molecule has 0 saturated carbocycles. The molecule has 0 radical (unpaired) electrons. The molecule has 0 amide bonds. The molecule has 1 N–H and O–H groups in total. The Balaban J connectivity index is 1.73. The summed E-state index contributed by atoms with van der Waals surface area (Å²) < 4.78 is 5.60. The van der Waals surface area contributed by atoms with Crippen LogP contribution in [0.3, 0.4) is 0 Å². The number of hydrogen-bond donors (Lipinski definition) is 1. The van der Waals surface area contributed by atoms with Gasteiger partial charge in [0.25, 0.3) is 0 Å². The Bertz CT molecular complexity index is 132. The van der Waals surface area contributed by atoms with Gasteiger partial charge in [-0.1, -0.05) is 26.2 Å². The number of nitrogens with one attached hydrogen (secondary N) is 1. The molecule has 0 aliphatic carbocycles. The molecule has 1 heterocycles.